The van der Waals surface area contributed by atoms with E-state index in [1.807, 2.05) is 54.9 Å². The van der Waals surface area contributed by atoms with Crippen LogP contribution in [0.4, 0.5) is 5.69 Å². The van der Waals surface area contributed by atoms with Gasteiger partial charge in [-0.05, 0) is 67.9 Å². The Hall–Kier alpha value is -3.26. The summed E-state index contributed by atoms with van der Waals surface area (Å²) < 4.78 is 17.9. The Bertz CT molecular complexity index is 1080. The third kappa shape index (κ3) is 5.70. The predicted octanol–water partition coefficient (Wildman–Crippen LogP) is 4.10. The largest absolute Gasteiger partial charge is 0.497 e. The van der Waals surface area contributed by atoms with Crippen molar-refractivity contribution in [2.75, 3.05) is 33.2 Å². The Morgan fingerprint density at radius 3 is 2.47 bits per heavy atom. The molecular weight excluding hydrogens is 424 g/mol. The zero-order valence-electron chi connectivity index (χ0n) is 19.2. The van der Waals surface area contributed by atoms with E-state index in [1.165, 1.54) is 0 Å². The number of benzene rings is 2. The van der Waals surface area contributed by atoms with E-state index < -0.39 is 0 Å². The second-order valence-corrected chi connectivity index (χ2v) is 7.78. The maximum Gasteiger partial charge on any atom is 0.170 e. The molecule has 0 radical (unpaired) electrons. The fraction of sp³-hybridized carbons (Fsp3) is 0.333. The molecule has 2 aromatic carbocycles. The van der Waals surface area contributed by atoms with Gasteiger partial charge in [0, 0.05) is 6.54 Å². The van der Waals surface area contributed by atoms with Crippen molar-refractivity contribution in [2.24, 2.45) is 0 Å². The summed E-state index contributed by atoms with van der Waals surface area (Å²) in [4.78, 5) is 0. The molecule has 3 rings (SSSR count). The zero-order chi connectivity index (χ0) is 23.1. The quantitative estimate of drug-likeness (QED) is 0.472. The minimum Gasteiger partial charge on any atom is -0.497 e. The summed E-state index contributed by atoms with van der Waals surface area (Å²) >= 11 is 5.51. The normalized spacial score (nSPS) is 10.5. The second-order valence-electron chi connectivity index (χ2n) is 7.38. The first-order valence-electron chi connectivity index (χ1n) is 10.4. The van der Waals surface area contributed by atoms with Crippen molar-refractivity contribution in [3.8, 4) is 17.2 Å². The van der Waals surface area contributed by atoms with Gasteiger partial charge in [0.25, 0.3) is 0 Å². The maximum absolute atomic E-state index is 5.51. The molecule has 0 bridgehead atoms. The summed E-state index contributed by atoms with van der Waals surface area (Å²) in [6.07, 6.45) is 0.801. The standard InChI is InChI=1S/C24H30N4O3S/c1-16-23(17(2)28(27-16)15-19-7-6-8-20(13-19)29-3)26-24(32)25-12-11-18-9-10-21(30-4)22(14-18)31-5/h6-10,13-14H,11-12,15H2,1-5H3,(H2,25,26,32). The van der Waals surface area contributed by atoms with Crippen LogP contribution in [-0.2, 0) is 13.0 Å². The lowest BCUT2D eigenvalue weighted by Gasteiger charge is -2.12. The predicted molar refractivity (Wildman–Crippen MR) is 131 cm³/mol. The minimum atomic E-state index is 0.567. The summed E-state index contributed by atoms with van der Waals surface area (Å²) in [5, 5.41) is 11.8. The van der Waals surface area contributed by atoms with E-state index in [4.69, 9.17) is 26.4 Å². The SMILES string of the molecule is COc1cccc(Cn2nc(C)c(NC(=S)NCCc3ccc(OC)c(OC)c3)c2C)c1. The molecule has 0 saturated carbocycles. The molecule has 32 heavy (non-hydrogen) atoms. The highest BCUT2D eigenvalue weighted by molar-refractivity contribution is 7.80. The lowest BCUT2D eigenvalue weighted by molar-refractivity contribution is 0.354. The summed E-state index contributed by atoms with van der Waals surface area (Å²) in [6.45, 7) is 5.36. The number of nitrogens with zero attached hydrogens (tertiary/aromatic N) is 2. The summed E-state index contributed by atoms with van der Waals surface area (Å²) in [5.74, 6) is 2.28. The average Bonchev–Trinajstić information content (AvgIpc) is 3.06. The zero-order valence-corrected chi connectivity index (χ0v) is 20.0. The van der Waals surface area contributed by atoms with Crippen LogP contribution in [0.1, 0.15) is 22.5 Å². The van der Waals surface area contributed by atoms with Crippen LogP contribution in [0.3, 0.4) is 0 Å². The lowest BCUT2D eigenvalue weighted by Crippen LogP contribution is -2.30. The van der Waals surface area contributed by atoms with Crippen molar-refractivity contribution in [3.05, 3.63) is 65.0 Å². The van der Waals surface area contributed by atoms with Crippen LogP contribution >= 0.6 is 12.2 Å². The number of hydrogen-bond acceptors (Lipinski definition) is 5. The second kappa shape index (κ2) is 10.9. The number of ether oxygens (including phenoxy) is 3. The van der Waals surface area contributed by atoms with Gasteiger partial charge in [-0.15, -0.1) is 0 Å². The molecule has 0 saturated heterocycles. The van der Waals surface area contributed by atoms with E-state index in [0.717, 1.165) is 51.9 Å². The van der Waals surface area contributed by atoms with Crippen LogP contribution in [0, 0.1) is 13.8 Å². The molecule has 1 aromatic heterocycles. The molecule has 0 atom stereocenters. The van der Waals surface area contributed by atoms with Crippen LogP contribution in [0.25, 0.3) is 0 Å². The molecular formula is C24H30N4O3S. The maximum atomic E-state index is 5.51. The molecule has 0 aliphatic carbocycles. The third-order valence-corrected chi connectivity index (χ3v) is 5.48. The van der Waals surface area contributed by atoms with Gasteiger partial charge in [-0.3, -0.25) is 4.68 Å². The van der Waals surface area contributed by atoms with Gasteiger partial charge in [-0.25, -0.2) is 0 Å². The minimum absolute atomic E-state index is 0.567. The number of methoxy groups -OCH3 is 3. The molecule has 0 aliphatic rings. The molecule has 0 fully saturated rings. The number of thiocarbonyl (C=S) groups is 1. The van der Waals surface area contributed by atoms with Crippen molar-refractivity contribution < 1.29 is 14.2 Å². The Morgan fingerprint density at radius 1 is 0.969 bits per heavy atom. The van der Waals surface area contributed by atoms with Crippen molar-refractivity contribution >= 4 is 23.0 Å². The molecule has 1 heterocycles. The molecule has 170 valence electrons. The van der Waals surface area contributed by atoms with Crippen LogP contribution in [0.15, 0.2) is 42.5 Å². The van der Waals surface area contributed by atoms with E-state index in [1.54, 1.807) is 21.3 Å². The molecule has 0 aliphatic heterocycles. The van der Waals surface area contributed by atoms with E-state index in [-0.39, 0.29) is 0 Å². The molecule has 2 N–H and O–H groups in total. The van der Waals surface area contributed by atoms with E-state index >= 15 is 0 Å². The molecule has 8 heteroatoms. The summed E-state index contributed by atoms with van der Waals surface area (Å²) in [7, 11) is 4.94. The molecule has 7 nitrogen and oxygen atoms in total. The summed E-state index contributed by atoms with van der Waals surface area (Å²) in [6, 6.07) is 13.9. The highest BCUT2D eigenvalue weighted by Gasteiger charge is 2.13. The van der Waals surface area contributed by atoms with Gasteiger partial charge in [-0.2, -0.15) is 5.10 Å². The molecule has 0 unspecified atom stereocenters. The smallest absolute Gasteiger partial charge is 0.170 e. The van der Waals surface area contributed by atoms with Gasteiger partial charge in [0.05, 0.1) is 44.9 Å². The van der Waals surface area contributed by atoms with Gasteiger partial charge < -0.3 is 24.8 Å². The topological polar surface area (TPSA) is 69.6 Å². The summed E-state index contributed by atoms with van der Waals surface area (Å²) in [5.41, 5.74) is 5.11. The van der Waals surface area contributed by atoms with Gasteiger partial charge in [0.2, 0.25) is 0 Å². The monoisotopic (exact) mass is 454 g/mol. The van der Waals surface area contributed by atoms with Crippen LogP contribution < -0.4 is 24.8 Å². The highest BCUT2D eigenvalue weighted by atomic mass is 32.1. The number of hydrogen-bond donors (Lipinski definition) is 2. The van der Waals surface area contributed by atoms with Crippen LogP contribution in [0.2, 0.25) is 0 Å². The van der Waals surface area contributed by atoms with Crippen molar-refractivity contribution in [1.82, 2.24) is 15.1 Å². The number of aryl methyl sites for hydroxylation is 1. The van der Waals surface area contributed by atoms with Gasteiger partial charge in [0.15, 0.2) is 16.6 Å². The van der Waals surface area contributed by atoms with Gasteiger partial charge in [0.1, 0.15) is 5.75 Å². The fourth-order valence-corrected chi connectivity index (χ4v) is 3.69. The lowest BCUT2D eigenvalue weighted by atomic mass is 10.1. The average molecular weight is 455 g/mol. The molecule has 0 amide bonds. The molecule has 3 aromatic rings. The van der Waals surface area contributed by atoms with Crippen LogP contribution in [-0.4, -0.2) is 42.8 Å². The number of rotatable bonds is 9. The first kappa shape index (κ1) is 23.4. The number of nitrogens with one attached hydrogen (secondary N) is 2. The van der Waals surface area contributed by atoms with Crippen molar-refractivity contribution in [1.29, 1.82) is 0 Å². The van der Waals surface area contributed by atoms with Crippen molar-refractivity contribution in [3.63, 3.8) is 0 Å². The first-order chi connectivity index (χ1) is 15.4. The van der Waals surface area contributed by atoms with Crippen LogP contribution in [0.5, 0.6) is 17.2 Å². The van der Waals surface area contributed by atoms with Gasteiger partial charge >= 0.3 is 0 Å². The Balaban J connectivity index is 1.58. The molecule has 0 spiro atoms. The van der Waals surface area contributed by atoms with Gasteiger partial charge in [-0.1, -0.05) is 18.2 Å². The van der Waals surface area contributed by atoms with Crippen molar-refractivity contribution in [2.45, 2.75) is 26.8 Å². The van der Waals surface area contributed by atoms with E-state index in [9.17, 15) is 0 Å². The number of anilines is 1. The Kier molecular flexibility index (Phi) is 7.94. The van der Waals surface area contributed by atoms with E-state index in [0.29, 0.717) is 18.2 Å². The Labute approximate surface area is 194 Å². The van der Waals surface area contributed by atoms with E-state index in [2.05, 4.69) is 21.8 Å². The first-order valence-corrected chi connectivity index (χ1v) is 10.8. The number of aromatic nitrogens is 2. The Morgan fingerprint density at radius 2 is 1.75 bits per heavy atom. The third-order valence-electron chi connectivity index (χ3n) is 5.23. The fourth-order valence-electron chi connectivity index (χ4n) is 3.49. The highest BCUT2D eigenvalue weighted by Crippen LogP contribution is 2.27.